The molecule has 0 amide bonds. The largest absolute Gasteiger partial charge is 0.399 e. The molecule has 0 aliphatic heterocycles. The SMILES string of the molecule is Cn1ccc(CS(=O)c2nc3ccc(N)cc3s2)n1. The van der Waals surface area contributed by atoms with E-state index in [2.05, 4.69) is 10.1 Å². The number of nitrogens with zero attached hydrogens (tertiary/aromatic N) is 3. The van der Waals surface area contributed by atoms with E-state index in [1.54, 1.807) is 10.7 Å². The van der Waals surface area contributed by atoms with Gasteiger partial charge in [-0.2, -0.15) is 5.10 Å². The van der Waals surface area contributed by atoms with Crippen LogP contribution < -0.4 is 5.73 Å². The molecule has 2 N–H and O–H groups in total. The van der Waals surface area contributed by atoms with E-state index < -0.39 is 10.8 Å². The van der Waals surface area contributed by atoms with Crippen LogP contribution in [-0.4, -0.2) is 19.0 Å². The molecule has 3 aromatic rings. The van der Waals surface area contributed by atoms with Crippen molar-refractivity contribution >= 4 is 38.0 Å². The maximum Gasteiger partial charge on any atom is 0.182 e. The average molecular weight is 292 g/mol. The van der Waals surface area contributed by atoms with Crippen molar-refractivity contribution in [1.82, 2.24) is 14.8 Å². The molecule has 1 unspecified atom stereocenters. The standard InChI is InChI=1S/C12H12N4OS2/c1-16-5-4-9(15-16)7-19(17)12-14-10-3-2-8(13)6-11(10)18-12/h2-6H,7,13H2,1H3. The maximum absolute atomic E-state index is 12.3. The van der Waals surface area contributed by atoms with E-state index in [4.69, 9.17) is 5.73 Å². The monoisotopic (exact) mass is 292 g/mol. The first-order valence-electron chi connectivity index (χ1n) is 5.65. The highest BCUT2D eigenvalue weighted by molar-refractivity contribution is 7.86. The van der Waals surface area contributed by atoms with Gasteiger partial charge in [-0.1, -0.05) is 0 Å². The summed E-state index contributed by atoms with van der Waals surface area (Å²) in [5.74, 6) is 0.385. The predicted molar refractivity (Wildman–Crippen MR) is 77.4 cm³/mol. The number of anilines is 1. The van der Waals surface area contributed by atoms with E-state index in [9.17, 15) is 4.21 Å². The van der Waals surface area contributed by atoms with Crippen LogP contribution in [0.3, 0.4) is 0 Å². The number of aromatic nitrogens is 3. The molecule has 2 heterocycles. The van der Waals surface area contributed by atoms with Crippen LogP contribution in [0.1, 0.15) is 5.69 Å². The number of fused-ring (bicyclic) bond motifs is 1. The molecule has 1 atom stereocenters. The predicted octanol–water partition coefficient (Wildman–Crippen LogP) is 1.92. The van der Waals surface area contributed by atoms with Gasteiger partial charge in [0.05, 0.1) is 32.5 Å². The third-order valence-electron chi connectivity index (χ3n) is 2.64. The van der Waals surface area contributed by atoms with Crippen LogP contribution in [0.5, 0.6) is 0 Å². The van der Waals surface area contributed by atoms with Crippen LogP contribution in [0.15, 0.2) is 34.8 Å². The molecular formula is C12H12N4OS2. The fourth-order valence-electron chi connectivity index (χ4n) is 1.75. The highest BCUT2D eigenvalue weighted by Gasteiger charge is 2.12. The molecule has 0 spiro atoms. The summed E-state index contributed by atoms with van der Waals surface area (Å²) in [6.45, 7) is 0. The molecule has 98 valence electrons. The van der Waals surface area contributed by atoms with Crippen molar-refractivity contribution in [1.29, 1.82) is 0 Å². The molecule has 0 saturated carbocycles. The minimum Gasteiger partial charge on any atom is -0.399 e. The number of nitrogens with two attached hydrogens (primary N) is 1. The van der Waals surface area contributed by atoms with Gasteiger partial charge in [0.15, 0.2) is 4.34 Å². The number of rotatable bonds is 3. The number of thiazole rings is 1. The lowest BCUT2D eigenvalue weighted by atomic mass is 10.3. The second-order valence-corrected chi connectivity index (χ2v) is 6.83. The van der Waals surface area contributed by atoms with E-state index in [-0.39, 0.29) is 0 Å². The van der Waals surface area contributed by atoms with Crippen molar-refractivity contribution in [3.8, 4) is 0 Å². The molecule has 0 aliphatic rings. The summed E-state index contributed by atoms with van der Waals surface area (Å²) in [4.78, 5) is 4.38. The third kappa shape index (κ3) is 2.52. The number of hydrogen-bond donors (Lipinski definition) is 1. The Hall–Kier alpha value is -1.73. The molecule has 0 aliphatic carbocycles. The molecule has 1 aromatic carbocycles. The molecule has 7 heteroatoms. The van der Waals surface area contributed by atoms with Crippen LogP contribution >= 0.6 is 11.3 Å². The van der Waals surface area contributed by atoms with Crippen molar-refractivity contribution in [3.63, 3.8) is 0 Å². The van der Waals surface area contributed by atoms with Crippen LogP contribution in [0.25, 0.3) is 10.2 Å². The summed E-state index contributed by atoms with van der Waals surface area (Å²) >= 11 is 1.42. The average Bonchev–Trinajstić information content (AvgIpc) is 2.95. The zero-order chi connectivity index (χ0) is 13.4. The Kier molecular flexibility index (Phi) is 3.08. The number of aryl methyl sites for hydroxylation is 1. The van der Waals surface area contributed by atoms with Crippen molar-refractivity contribution in [2.45, 2.75) is 10.1 Å². The summed E-state index contributed by atoms with van der Waals surface area (Å²) in [6.07, 6.45) is 1.84. The Morgan fingerprint density at radius 3 is 3.00 bits per heavy atom. The second kappa shape index (κ2) is 4.75. The first-order chi connectivity index (χ1) is 9.11. The molecule has 3 rings (SSSR count). The van der Waals surface area contributed by atoms with Gasteiger partial charge in [-0.3, -0.25) is 8.89 Å². The van der Waals surface area contributed by atoms with Crippen molar-refractivity contribution in [2.24, 2.45) is 7.05 Å². The molecule has 19 heavy (non-hydrogen) atoms. The Morgan fingerprint density at radius 2 is 2.26 bits per heavy atom. The van der Waals surface area contributed by atoms with Gasteiger partial charge in [0.25, 0.3) is 0 Å². The number of hydrogen-bond acceptors (Lipinski definition) is 5. The lowest BCUT2D eigenvalue weighted by Gasteiger charge is -1.94. The number of benzene rings is 1. The van der Waals surface area contributed by atoms with E-state index in [1.807, 2.05) is 31.4 Å². The molecule has 0 bridgehead atoms. The zero-order valence-electron chi connectivity index (χ0n) is 10.2. The molecule has 0 radical (unpaired) electrons. The zero-order valence-corrected chi connectivity index (χ0v) is 11.9. The minimum atomic E-state index is -1.17. The van der Waals surface area contributed by atoms with Crippen LogP contribution in [0.2, 0.25) is 0 Å². The van der Waals surface area contributed by atoms with Gasteiger partial charge >= 0.3 is 0 Å². The third-order valence-corrected chi connectivity index (χ3v) is 5.29. The highest BCUT2D eigenvalue weighted by atomic mass is 32.2. The second-order valence-electron chi connectivity index (χ2n) is 4.18. The fourth-order valence-corrected chi connectivity index (χ4v) is 4.06. The van der Waals surface area contributed by atoms with Gasteiger partial charge < -0.3 is 5.73 Å². The van der Waals surface area contributed by atoms with Gasteiger partial charge in [-0.05, 0) is 24.3 Å². The van der Waals surface area contributed by atoms with Gasteiger partial charge in [-0.25, -0.2) is 4.98 Å². The normalized spacial score (nSPS) is 12.9. The summed E-state index contributed by atoms with van der Waals surface area (Å²) in [5.41, 5.74) is 8.06. The first kappa shape index (κ1) is 12.3. The summed E-state index contributed by atoms with van der Waals surface area (Å²) in [5, 5.41) is 4.22. The lowest BCUT2D eigenvalue weighted by molar-refractivity contribution is 0.680. The van der Waals surface area contributed by atoms with Crippen LogP contribution in [0.4, 0.5) is 5.69 Å². The van der Waals surface area contributed by atoms with Gasteiger partial charge in [0.1, 0.15) is 0 Å². The van der Waals surface area contributed by atoms with Crippen LogP contribution in [-0.2, 0) is 23.6 Å². The van der Waals surface area contributed by atoms with Crippen LogP contribution in [0, 0.1) is 0 Å². The Bertz CT molecular complexity index is 762. The van der Waals surface area contributed by atoms with Crippen molar-refractivity contribution in [3.05, 3.63) is 36.2 Å². The minimum absolute atomic E-state index is 0.385. The van der Waals surface area contributed by atoms with E-state index >= 15 is 0 Å². The Morgan fingerprint density at radius 1 is 1.42 bits per heavy atom. The van der Waals surface area contributed by atoms with Gasteiger partial charge in [0, 0.05) is 18.9 Å². The maximum atomic E-state index is 12.3. The molecule has 0 fully saturated rings. The van der Waals surface area contributed by atoms with Gasteiger partial charge in [0.2, 0.25) is 0 Å². The quantitative estimate of drug-likeness (QED) is 0.748. The topological polar surface area (TPSA) is 73.8 Å². The first-order valence-corrected chi connectivity index (χ1v) is 7.78. The molecular weight excluding hydrogens is 280 g/mol. The van der Waals surface area contributed by atoms with Gasteiger partial charge in [-0.15, -0.1) is 11.3 Å². The summed E-state index contributed by atoms with van der Waals surface area (Å²) in [6, 6.07) is 7.37. The molecule has 2 aromatic heterocycles. The Balaban J connectivity index is 1.89. The van der Waals surface area contributed by atoms with E-state index in [1.165, 1.54) is 11.3 Å². The van der Waals surface area contributed by atoms with E-state index in [0.29, 0.717) is 15.8 Å². The molecule has 5 nitrogen and oxygen atoms in total. The van der Waals surface area contributed by atoms with Crippen molar-refractivity contribution < 1.29 is 4.21 Å². The molecule has 0 saturated heterocycles. The smallest absolute Gasteiger partial charge is 0.182 e. The number of nitrogen functional groups attached to an aromatic ring is 1. The van der Waals surface area contributed by atoms with Crippen molar-refractivity contribution in [2.75, 3.05) is 5.73 Å². The summed E-state index contributed by atoms with van der Waals surface area (Å²) in [7, 11) is 0.671. The fraction of sp³-hybridized carbons (Fsp3) is 0.167. The summed E-state index contributed by atoms with van der Waals surface area (Å²) < 4.78 is 15.5. The highest BCUT2D eigenvalue weighted by Crippen LogP contribution is 2.27. The van der Waals surface area contributed by atoms with E-state index in [0.717, 1.165) is 15.9 Å². The Labute approximate surface area is 116 Å². The lowest BCUT2D eigenvalue weighted by Crippen LogP contribution is -1.98.